The van der Waals surface area contributed by atoms with Crippen molar-refractivity contribution in [2.24, 2.45) is 0 Å². The molecule has 0 rings (SSSR count). The monoisotopic (exact) mass is 855 g/mol. The van der Waals surface area contributed by atoms with E-state index >= 15 is 0 Å². The molecule has 0 N–H and O–H groups in total. The Morgan fingerprint density at radius 2 is 0.742 bits per heavy atom. The van der Waals surface area contributed by atoms with Crippen LogP contribution in [0.25, 0.3) is 0 Å². The van der Waals surface area contributed by atoms with E-state index in [0.29, 0.717) is 25.7 Å². The average Bonchev–Trinajstić information content (AvgIpc) is 3.27. The molecule has 0 aromatic carbocycles. The summed E-state index contributed by atoms with van der Waals surface area (Å²) in [5.41, 5.74) is 0. The fourth-order valence-corrected chi connectivity index (χ4v) is 5.95. The largest absolute Gasteiger partial charge is 0.462 e. The van der Waals surface area contributed by atoms with Gasteiger partial charge in [-0.2, -0.15) is 0 Å². The van der Waals surface area contributed by atoms with Crippen LogP contribution in [-0.4, -0.2) is 37.2 Å². The van der Waals surface area contributed by atoms with Gasteiger partial charge in [0.15, 0.2) is 6.10 Å². The lowest BCUT2D eigenvalue weighted by Gasteiger charge is -2.18. The van der Waals surface area contributed by atoms with E-state index < -0.39 is 12.1 Å². The second kappa shape index (κ2) is 49.2. The predicted octanol–water partition coefficient (Wildman–Crippen LogP) is 15.9. The van der Waals surface area contributed by atoms with E-state index in [2.05, 4.69) is 93.7 Å². The van der Waals surface area contributed by atoms with E-state index in [9.17, 15) is 14.4 Å². The standard InChI is InChI=1S/C56H86O6/c1-4-7-10-13-16-19-22-25-26-27-28-29-32-34-37-40-43-46-49-55(58)61-52-53(62-56(59)50-47-44-41-38-35-31-24-21-18-15-12-9-6-3)51-60-54(57)48-45-42-39-36-33-30-23-20-17-14-11-8-5-2/h9,12,15-16,18-19,21-22,24-31,33,35,38-39,41-42,53H,4-8,10-11,13-14,17,20,23,32,34,36-37,40,43-52H2,1-3H3/b12-9-,18-15-,19-16-,24-21-,25-22-,27-26-,29-28-,33-30-,35-31-,41-38-,42-39-. The highest BCUT2D eigenvalue weighted by Crippen LogP contribution is 2.11. The van der Waals surface area contributed by atoms with Crippen LogP contribution in [0.5, 0.6) is 0 Å². The van der Waals surface area contributed by atoms with Gasteiger partial charge in [0, 0.05) is 19.3 Å². The molecule has 0 aliphatic carbocycles. The highest BCUT2D eigenvalue weighted by Gasteiger charge is 2.19. The summed E-state index contributed by atoms with van der Waals surface area (Å²) in [7, 11) is 0. The minimum Gasteiger partial charge on any atom is -0.462 e. The molecule has 0 bridgehead atoms. The Kier molecular flexibility index (Phi) is 45.7. The van der Waals surface area contributed by atoms with Crippen LogP contribution >= 0.6 is 0 Å². The second-order valence-electron chi connectivity index (χ2n) is 15.5. The number of carbonyl (C=O) groups excluding carboxylic acids is 3. The Morgan fingerprint density at radius 3 is 1.29 bits per heavy atom. The van der Waals surface area contributed by atoms with Crippen molar-refractivity contribution in [3.05, 3.63) is 134 Å². The van der Waals surface area contributed by atoms with Crippen LogP contribution in [0.3, 0.4) is 0 Å². The van der Waals surface area contributed by atoms with Crippen molar-refractivity contribution in [2.45, 2.75) is 187 Å². The van der Waals surface area contributed by atoms with Crippen LogP contribution in [0.15, 0.2) is 134 Å². The fraction of sp³-hybridized carbons (Fsp3) is 0.554. The number of hydrogen-bond acceptors (Lipinski definition) is 6. The summed E-state index contributed by atoms with van der Waals surface area (Å²) in [6.45, 7) is 6.28. The molecule has 0 radical (unpaired) electrons. The van der Waals surface area contributed by atoms with E-state index in [1.165, 1.54) is 57.8 Å². The molecule has 0 aliphatic rings. The molecule has 0 aromatic rings. The highest BCUT2D eigenvalue weighted by molar-refractivity contribution is 5.71. The molecule has 1 unspecified atom stereocenters. The molecular formula is C56H86O6. The van der Waals surface area contributed by atoms with Crippen LogP contribution in [0.4, 0.5) is 0 Å². The number of carbonyl (C=O) groups is 3. The van der Waals surface area contributed by atoms with Crippen LogP contribution in [0.2, 0.25) is 0 Å². The first-order chi connectivity index (χ1) is 30.5. The zero-order valence-electron chi connectivity index (χ0n) is 39.3. The SMILES string of the molecule is CC\C=C/C=C\C=C/C=C\C=C/CCCC(=O)OC(COC(=O)CC/C=C\C/C=C\CCCCCCCC)COC(=O)CCCCCCC\C=C/C=C\C=C/C=C\CCCCC. The summed E-state index contributed by atoms with van der Waals surface area (Å²) < 4.78 is 16.6. The van der Waals surface area contributed by atoms with Gasteiger partial charge in [-0.15, -0.1) is 0 Å². The Morgan fingerprint density at radius 1 is 0.355 bits per heavy atom. The number of unbranched alkanes of at least 4 members (excludes halogenated alkanes) is 15. The van der Waals surface area contributed by atoms with Crippen LogP contribution in [0.1, 0.15) is 181 Å². The van der Waals surface area contributed by atoms with E-state index in [0.717, 1.165) is 64.2 Å². The van der Waals surface area contributed by atoms with Crippen molar-refractivity contribution in [2.75, 3.05) is 13.2 Å². The lowest BCUT2D eigenvalue weighted by molar-refractivity contribution is -0.166. The van der Waals surface area contributed by atoms with Gasteiger partial charge >= 0.3 is 17.9 Å². The molecule has 346 valence electrons. The lowest BCUT2D eigenvalue weighted by atomic mass is 10.1. The van der Waals surface area contributed by atoms with Crippen molar-refractivity contribution < 1.29 is 28.6 Å². The first-order valence-electron chi connectivity index (χ1n) is 24.3. The van der Waals surface area contributed by atoms with Gasteiger partial charge in [0.1, 0.15) is 13.2 Å². The van der Waals surface area contributed by atoms with Crippen LogP contribution in [0, 0.1) is 0 Å². The molecule has 0 saturated heterocycles. The topological polar surface area (TPSA) is 78.9 Å². The zero-order chi connectivity index (χ0) is 45.1. The zero-order valence-corrected chi connectivity index (χ0v) is 39.3. The third-order valence-corrected chi connectivity index (χ3v) is 9.59. The number of allylic oxidation sites excluding steroid dienone is 22. The second-order valence-corrected chi connectivity index (χ2v) is 15.5. The summed E-state index contributed by atoms with van der Waals surface area (Å²) in [6, 6.07) is 0. The van der Waals surface area contributed by atoms with Gasteiger partial charge in [0.05, 0.1) is 0 Å². The van der Waals surface area contributed by atoms with Gasteiger partial charge in [-0.05, 0) is 77.0 Å². The third-order valence-electron chi connectivity index (χ3n) is 9.59. The summed E-state index contributed by atoms with van der Waals surface area (Å²) in [5, 5.41) is 0. The molecule has 62 heavy (non-hydrogen) atoms. The molecule has 0 fully saturated rings. The molecule has 0 saturated carbocycles. The van der Waals surface area contributed by atoms with Gasteiger partial charge in [0.2, 0.25) is 0 Å². The van der Waals surface area contributed by atoms with Crippen molar-refractivity contribution in [3.63, 3.8) is 0 Å². The molecule has 0 aromatic heterocycles. The minimum atomic E-state index is -0.851. The van der Waals surface area contributed by atoms with Crippen molar-refractivity contribution in [1.29, 1.82) is 0 Å². The fourth-order valence-electron chi connectivity index (χ4n) is 5.95. The molecule has 6 nitrogen and oxygen atoms in total. The van der Waals surface area contributed by atoms with Gasteiger partial charge in [-0.1, -0.05) is 219 Å². The Balaban J connectivity index is 4.62. The van der Waals surface area contributed by atoms with Crippen molar-refractivity contribution in [1.82, 2.24) is 0 Å². The van der Waals surface area contributed by atoms with Gasteiger partial charge in [0.25, 0.3) is 0 Å². The summed E-state index contributed by atoms with van der Waals surface area (Å²) >= 11 is 0. The van der Waals surface area contributed by atoms with Gasteiger partial charge in [-0.25, -0.2) is 0 Å². The smallest absolute Gasteiger partial charge is 0.306 e. The minimum absolute atomic E-state index is 0.141. The predicted molar refractivity (Wildman–Crippen MR) is 265 cm³/mol. The first-order valence-corrected chi connectivity index (χ1v) is 24.3. The van der Waals surface area contributed by atoms with Crippen molar-refractivity contribution in [3.8, 4) is 0 Å². The van der Waals surface area contributed by atoms with E-state index in [1.807, 2.05) is 60.8 Å². The quantitative estimate of drug-likeness (QED) is 0.0200. The summed E-state index contributed by atoms with van der Waals surface area (Å²) in [4.78, 5) is 37.8. The highest BCUT2D eigenvalue weighted by atomic mass is 16.6. The first kappa shape index (κ1) is 57.5. The molecule has 6 heteroatoms. The van der Waals surface area contributed by atoms with Crippen LogP contribution in [-0.2, 0) is 28.6 Å². The third kappa shape index (κ3) is 46.6. The number of hydrogen-bond donors (Lipinski definition) is 0. The molecule has 1 atom stereocenters. The average molecular weight is 855 g/mol. The van der Waals surface area contributed by atoms with E-state index in [1.54, 1.807) is 0 Å². The summed E-state index contributed by atoms with van der Waals surface area (Å²) in [6.07, 6.45) is 68.8. The molecule has 0 spiro atoms. The maximum absolute atomic E-state index is 12.7. The Hall–Kier alpha value is -4.45. The maximum Gasteiger partial charge on any atom is 0.306 e. The normalized spacial score (nSPS) is 13.3. The summed E-state index contributed by atoms with van der Waals surface area (Å²) in [5.74, 6) is -1.12. The number of esters is 3. The molecule has 0 amide bonds. The number of rotatable bonds is 41. The molecular weight excluding hydrogens is 769 g/mol. The van der Waals surface area contributed by atoms with E-state index in [-0.39, 0.29) is 38.0 Å². The van der Waals surface area contributed by atoms with Gasteiger partial charge in [-0.3, -0.25) is 14.4 Å². The lowest BCUT2D eigenvalue weighted by Crippen LogP contribution is -2.30. The number of ether oxygens (including phenoxy) is 3. The van der Waals surface area contributed by atoms with Crippen LogP contribution < -0.4 is 0 Å². The molecule has 0 aliphatic heterocycles. The van der Waals surface area contributed by atoms with E-state index in [4.69, 9.17) is 14.2 Å². The molecule has 0 heterocycles. The van der Waals surface area contributed by atoms with Crippen molar-refractivity contribution >= 4 is 17.9 Å². The van der Waals surface area contributed by atoms with Gasteiger partial charge < -0.3 is 14.2 Å². The Labute approximate surface area is 379 Å². The Bertz CT molecular complexity index is 1400. The maximum atomic E-state index is 12.7.